The number of rotatable bonds is 4. The molecular formula is C10H16BrN3O2. The Balaban J connectivity index is 2.75. The molecule has 0 bridgehead atoms. The number of nitrogens with zero attached hydrogens (tertiary/aromatic N) is 3. The second kappa shape index (κ2) is 4.95. The molecule has 0 saturated heterocycles. The summed E-state index contributed by atoms with van der Waals surface area (Å²) in [6.45, 7) is 7.20. The van der Waals surface area contributed by atoms with Crippen LogP contribution in [-0.4, -0.2) is 19.8 Å². The number of halogens is 1. The fraction of sp³-hybridized carbons (Fsp3) is 0.700. The van der Waals surface area contributed by atoms with Crippen molar-refractivity contribution in [1.29, 1.82) is 0 Å². The van der Waals surface area contributed by atoms with E-state index in [1.54, 1.807) is 4.57 Å². The summed E-state index contributed by atoms with van der Waals surface area (Å²) in [5, 5.41) is 11.4. The predicted octanol–water partition coefficient (Wildman–Crippen LogP) is 2.85. The van der Waals surface area contributed by atoms with Crippen molar-refractivity contribution in [3.05, 3.63) is 22.6 Å². The molecule has 1 heterocycles. The SMILES string of the molecule is CC(C)(C)C(CBr)Cn1cnc([N+](=O)[O-])c1. The van der Waals surface area contributed by atoms with E-state index in [4.69, 9.17) is 0 Å². The number of hydrogen-bond donors (Lipinski definition) is 0. The summed E-state index contributed by atoms with van der Waals surface area (Å²) in [5.74, 6) is 0.309. The van der Waals surface area contributed by atoms with E-state index in [0.717, 1.165) is 11.9 Å². The van der Waals surface area contributed by atoms with Crippen LogP contribution in [0.2, 0.25) is 0 Å². The highest BCUT2D eigenvalue weighted by atomic mass is 79.9. The third-order valence-corrected chi connectivity index (χ3v) is 3.43. The lowest BCUT2D eigenvalue weighted by Crippen LogP contribution is -2.26. The molecular weight excluding hydrogens is 274 g/mol. The fourth-order valence-corrected chi connectivity index (χ4v) is 2.53. The summed E-state index contributed by atoms with van der Waals surface area (Å²) >= 11 is 3.48. The van der Waals surface area contributed by atoms with E-state index < -0.39 is 4.92 Å². The van der Waals surface area contributed by atoms with Gasteiger partial charge in [0, 0.05) is 11.9 Å². The van der Waals surface area contributed by atoms with Crippen molar-refractivity contribution in [3.63, 3.8) is 0 Å². The van der Waals surface area contributed by atoms with Gasteiger partial charge in [0.1, 0.15) is 6.20 Å². The minimum absolute atomic E-state index is 0.0952. The lowest BCUT2D eigenvalue weighted by Gasteiger charge is -2.28. The van der Waals surface area contributed by atoms with Crippen molar-refractivity contribution >= 4 is 21.7 Å². The van der Waals surface area contributed by atoms with Gasteiger partial charge in [-0.2, -0.15) is 0 Å². The summed E-state index contributed by atoms with van der Waals surface area (Å²) in [6, 6.07) is 0. The lowest BCUT2D eigenvalue weighted by molar-refractivity contribution is -0.389. The Labute approximate surface area is 103 Å². The van der Waals surface area contributed by atoms with Crippen LogP contribution in [0.4, 0.5) is 5.82 Å². The highest BCUT2D eigenvalue weighted by Gasteiger charge is 2.24. The smallest absolute Gasteiger partial charge is 0.358 e. The third kappa shape index (κ3) is 3.30. The molecule has 6 heteroatoms. The number of alkyl halides is 1. The van der Waals surface area contributed by atoms with E-state index in [2.05, 4.69) is 41.7 Å². The first-order chi connectivity index (χ1) is 7.34. The average Bonchev–Trinajstić information content (AvgIpc) is 2.60. The van der Waals surface area contributed by atoms with Crippen LogP contribution in [0.1, 0.15) is 20.8 Å². The van der Waals surface area contributed by atoms with E-state index in [9.17, 15) is 10.1 Å². The molecule has 1 rings (SSSR count). The van der Waals surface area contributed by atoms with Gasteiger partial charge in [-0.15, -0.1) is 0 Å². The van der Waals surface area contributed by atoms with Gasteiger partial charge in [0.15, 0.2) is 0 Å². The monoisotopic (exact) mass is 289 g/mol. The summed E-state index contributed by atoms with van der Waals surface area (Å²) in [5.41, 5.74) is 0.155. The van der Waals surface area contributed by atoms with Gasteiger partial charge >= 0.3 is 5.82 Å². The Kier molecular flexibility index (Phi) is 4.07. The average molecular weight is 290 g/mol. The maximum absolute atomic E-state index is 10.5. The molecule has 0 N–H and O–H groups in total. The van der Waals surface area contributed by atoms with Gasteiger partial charge in [0.05, 0.1) is 0 Å². The molecule has 1 atom stereocenters. The van der Waals surface area contributed by atoms with Crippen LogP contribution in [0.25, 0.3) is 0 Å². The standard InChI is InChI=1S/C10H16BrN3O2/c1-10(2,3)8(4-11)5-13-6-9(12-7-13)14(15)16/h6-8H,4-5H2,1-3H3. The second-order valence-electron chi connectivity index (χ2n) is 4.90. The molecule has 0 saturated carbocycles. The molecule has 0 radical (unpaired) electrons. The molecule has 0 aliphatic carbocycles. The Morgan fingerprint density at radius 1 is 1.62 bits per heavy atom. The maximum atomic E-state index is 10.5. The van der Waals surface area contributed by atoms with Crippen LogP contribution in [0.15, 0.2) is 12.5 Å². The van der Waals surface area contributed by atoms with E-state index in [1.165, 1.54) is 12.5 Å². The Hall–Kier alpha value is -0.910. The van der Waals surface area contributed by atoms with E-state index in [1.807, 2.05) is 0 Å². The van der Waals surface area contributed by atoms with E-state index in [-0.39, 0.29) is 11.2 Å². The molecule has 0 fully saturated rings. The molecule has 0 spiro atoms. The zero-order valence-corrected chi connectivity index (χ0v) is 11.3. The number of nitro groups is 1. The van der Waals surface area contributed by atoms with Crippen LogP contribution in [-0.2, 0) is 6.54 Å². The first-order valence-electron chi connectivity index (χ1n) is 5.06. The molecule has 16 heavy (non-hydrogen) atoms. The quantitative estimate of drug-likeness (QED) is 0.486. The van der Waals surface area contributed by atoms with Crippen molar-refractivity contribution < 1.29 is 4.92 Å². The van der Waals surface area contributed by atoms with Crippen molar-refractivity contribution in [2.24, 2.45) is 11.3 Å². The van der Waals surface area contributed by atoms with Crippen LogP contribution < -0.4 is 0 Å². The summed E-state index contributed by atoms with van der Waals surface area (Å²) in [7, 11) is 0. The molecule has 0 aliphatic rings. The van der Waals surface area contributed by atoms with E-state index >= 15 is 0 Å². The number of hydrogen-bond acceptors (Lipinski definition) is 3. The van der Waals surface area contributed by atoms with Gasteiger partial charge < -0.3 is 14.7 Å². The van der Waals surface area contributed by atoms with Gasteiger partial charge in [-0.05, 0) is 21.2 Å². The van der Waals surface area contributed by atoms with Crippen molar-refractivity contribution in [3.8, 4) is 0 Å². The molecule has 0 amide bonds. The molecule has 0 aromatic carbocycles. The lowest BCUT2D eigenvalue weighted by atomic mass is 9.82. The van der Waals surface area contributed by atoms with Crippen molar-refractivity contribution in [2.45, 2.75) is 27.3 Å². The second-order valence-corrected chi connectivity index (χ2v) is 5.55. The molecule has 1 unspecified atom stereocenters. The molecule has 5 nitrogen and oxygen atoms in total. The fourth-order valence-electron chi connectivity index (χ4n) is 1.35. The zero-order chi connectivity index (χ0) is 12.3. The Morgan fingerprint density at radius 3 is 2.62 bits per heavy atom. The van der Waals surface area contributed by atoms with Crippen molar-refractivity contribution in [2.75, 3.05) is 5.33 Å². The van der Waals surface area contributed by atoms with Crippen LogP contribution in [0.3, 0.4) is 0 Å². The van der Waals surface area contributed by atoms with Gasteiger partial charge in [0.2, 0.25) is 6.33 Å². The molecule has 90 valence electrons. The summed E-state index contributed by atoms with van der Waals surface area (Å²) in [6.07, 6.45) is 2.99. The van der Waals surface area contributed by atoms with Crippen LogP contribution in [0.5, 0.6) is 0 Å². The summed E-state index contributed by atoms with van der Waals surface area (Å²) in [4.78, 5) is 13.7. The normalized spacial score (nSPS) is 13.8. The summed E-state index contributed by atoms with van der Waals surface area (Å²) < 4.78 is 1.77. The first kappa shape index (κ1) is 13.2. The highest BCUT2D eigenvalue weighted by Crippen LogP contribution is 2.29. The first-order valence-corrected chi connectivity index (χ1v) is 6.19. The van der Waals surface area contributed by atoms with Crippen LogP contribution >= 0.6 is 15.9 Å². The van der Waals surface area contributed by atoms with Gasteiger partial charge in [-0.3, -0.25) is 0 Å². The number of imidazole rings is 1. The van der Waals surface area contributed by atoms with Gasteiger partial charge in [-0.25, -0.2) is 0 Å². The predicted molar refractivity (Wildman–Crippen MR) is 65.6 cm³/mol. The topological polar surface area (TPSA) is 61.0 Å². The van der Waals surface area contributed by atoms with Gasteiger partial charge in [0.25, 0.3) is 0 Å². The zero-order valence-electron chi connectivity index (χ0n) is 9.68. The molecule has 0 aliphatic heterocycles. The number of aromatic nitrogens is 2. The Bertz CT molecular complexity index is 370. The minimum atomic E-state index is -0.475. The van der Waals surface area contributed by atoms with Crippen molar-refractivity contribution in [1.82, 2.24) is 9.55 Å². The largest absolute Gasteiger partial charge is 0.381 e. The maximum Gasteiger partial charge on any atom is 0.381 e. The minimum Gasteiger partial charge on any atom is -0.358 e. The van der Waals surface area contributed by atoms with Gasteiger partial charge in [-0.1, -0.05) is 36.7 Å². The van der Waals surface area contributed by atoms with E-state index in [0.29, 0.717) is 5.92 Å². The molecule has 1 aromatic rings. The molecule has 1 aromatic heterocycles. The van der Waals surface area contributed by atoms with Crippen LogP contribution in [0, 0.1) is 21.4 Å². The Morgan fingerprint density at radius 2 is 2.25 bits per heavy atom. The third-order valence-electron chi connectivity index (χ3n) is 2.65. The highest BCUT2D eigenvalue weighted by molar-refractivity contribution is 9.09.